The van der Waals surface area contributed by atoms with Gasteiger partial charge in [-0.15, -0.1) is 0 Å². The molecule has 1 spiro atoms. The Morgan fingerprint density at radius 3 is 2.88 bits per heavy atom. The first kappa shape index (κ1) is 10.3. The highest BCUT2D eigenvalue weighted by molar-refractivity contribution is 5.97. The Morgan fingerprint density at radius 2 is 2.12 bits per heavy atom. The van der Waals surface area contributed by atoms with Gasteiger partial charge >= 0.3 is 0 Å². The Hall–Kier alpha value is -0.630. The minimum Gasteiger partial charge on any atom is -0.356 e. The van der Waals surface area contributed by atoms with Gasteiger partial charge in [0.15, 0.2) is 5.78 Å². The monoisotopic (exact) mass is 232 g/mol. The molecule has 0 radical (unpaired) electrons. The molecule has 2 heteroatoms. The van der Waals surface area contributed by atoms with Gasteiger partial charge in [-0.25, -0.2) is 0 Å². The molecule has 1 aliphatic heterocycles. The van der Waals surface area contributed by atoms with Gasteiger partial charge in [-0.3, -0.25) is 4.79 Å². The van der Waals surface area contributed by atoms with Crippen molar-refractivity contribution in [2.45, 2.75) is 57.7 Å². The van der Waals surface area contributed by atoms with E-state index in [9.17, 15) is 4.79 Å². The Morgan fingerprint density at radius 1 is 1.35 bits per heavy atom. The molecule has 0 aromatic rings. The van der Waals surface area contributed by atoms with Crippen LogP contribution in [-0.2, 0) is 9.53 Å². The lowest BCUT2D eigenvalue weighted by molar-refractivity contribution is -0.133. The fourth-order valence-corrected chi connectivity index (χ4v) is 5.21. The lowest BCUT2D eigenvalue weighted by Gasteiger charge is -2.49. The van der Waals surface area contributed by atoms with E-state index in [1.54, 1.807) is 0 Å². The minimum absolute atomic E-state index is 0.152. The van der Waals surface area contributed by atoms with Crippen LogP contribution in [0.3, 0.4) is 0 Å². The van der Waals surface area contributed by atoms with Crippen LogP contribution in [0.4, 0.5) is 0 Å². The number of Topliss-reactive ketones (excluding diaryl/α,β-unsaturated/α-hetero) is 1. The maximum absolute atomic E-state index is 12.6. The molecule has 2 saturated carbocycles. The number of carbonyl (C=O) groups excluding carboxylic acids is 1. The van der Waals surface area contributed by atoms with Crippen molar-refractivity contribution < 1.29 is 9.53 Å². The third-order valence-electron chi connectivity index (χ3n) is 6.27. The van der Waals surface area contributed by atoms with Gasteiger partial charge < -0.3 is 4.74 Å². The first-order chi connectivity index (χ1) is 7.92. The van der Waals surface area contributed by atoms with Gasteiger partial charge in [-0.05, 0) is 56.4 Å². The van der Waals surface area contributed by atoms with Gasteiger partial charge in [-0.1, -0.05) is 13.0 Å². The molecule has 1 heterocycles. The highest BCUT2D eigenvalue weighted by Gasteiger charge is 2.71. The molecule has 3 fully saturated rings. The topological polar surface area (TPSA) is 26.3 Å². The maximum Gasteiger partial charge on any atom is 0.174 e. The van der Waals surface area contributed by atoms with Crippen LogP contribution in [0.5, 0.6) is 0 Å². The Balaban J connectivity index is 1.98. The molecular weight excluding hydrogens is 212 g/mol. The average molecular weight is 232 g/mol. The zero-order valence-electron chi connectivity index (χ0n) is 10.9. The van der Waals surface area contributed by atoms with Gasteiger partial charge in [0.25, 0.3) is 0 Å². The van der Waals surface area contributed by atoms with Crippen LogP contribution >= 0.6 is 0 Å². The summed E-state index contributed by atoms with van der Waals surface area (Å²) >= 11 is 0. The number of rotatable bonds is 0. The molecule has 17 heavy (non-hydrogen) atoms. The van der Waals surface area contributed by atoms with Crippen molar-refractivity contribution in [3.8, 4) is 0 Å². The molecule has 1 unspecified atom stereocenters. The van der Waals surface area contributed by atoms with Crippen LogP contribution in [0.15, 0.2) is 11.6 Å². The van der Waals surface area contributed by atoms with E-state index in [0.717, 1.165) is 19.3 Å². The van der Waals surface area contributed by atoms with Crippen molar-refractivity contribution in [2.24, 2.45) is 17.3 Å². The second-order valence-electron chi connectivity index (χ2n) is 6.98. The Bertz CT molecular complexity index is 466. The van der Waals surface area contributed by atoms with Crippen molar-refractivity contribution in [3.63, 3.8) is 0 Å². The van der Waals surface area contributed by atoms with Crippen molar-refractivity contribution in [3.05, 3.63) is 11.6 Å². The van der Waals surface area contributed by atoms with Gasteiger partial charge in [0.05, 0.1) is 11.5 Å². The molecular formula is C15H20O2. The summed E-state index contributed by atoms with van der Waals surface area (Å²) in [5.41, 5.74) is 0.865. The van der Waals surface area contributed by atoms with Gasteiger partial charge in [0, 0.05) is 0 Å². The van der Waals surface area contributed by atoms with Crippen LogP contribution < -0.4 is 0 Å². The van der Waals surface area contributed by atoms with Crippen molar-refractivity contribution >= 4 is 5.78 Å². The summed E-state index contributed by atoms with van der Waals surface area (Å²) in [5.74, 6) is 1.20. The molecule has 4 aliphatic rings. The summed E-state index contributed by atoms with van der Waals surface area (Å²) in [6.07, 6.45) is 6.77. The van der Waals surface area contributed by atoms with Crippen LogP contribution in [0.25, 0.3) is 0 Å². The van der Waals surface area contributed by atoms with E-state index >= 15 is 0 Å². The number of hydrogen-bond donors (Lipinski definition) is 0. The van der Waals surface area contributed by atoms with Crippen LogP contribution in [0.1, 0.15) is 46.5 Å². The average Bonchev–Trinajstić information content (AvgIpc) is 2.62. The first-order valence-corrected chi connectivity index (χ1v) is 6.88. The normalized spacial score (nSPS) is 59.5. The first-order valence-electron chi connectivity index (χ1n) is 6.88. The van der Waals surface area contributed by atoms with Crippen molar-refractivity contribution in [2.75, 3.05) is 0 Å². The van der Waals surface area contributed by atoms with Crippen LogP contribution in [-0.4, -0.2) is 17.0 Å². The lowest BCUT2D eigenvalue weighted by Crippen LogP contribution is -2.52. The number of carbonyl (C=O) groups is 1. The molecule has 0 N–H and O–H groups in total. The third-order valence-corrected chi connectivity index (χ3v) is 6.27. The summed E-state index contributed by atoms with van der Waals surface area (Å²) in [4.78, 5) is 12.6. The molecule has 0 aromatic carbocycles. The summed E-state index contributed by atoms with van der Waals surface area (Å²) in [5, 5.41) is 0. The van der Waals surface area contributed by atoms with Gasteiger partial charge in [-0.2, -0.15) is 0 Å². The second kappa shape index (κ2) is 2.54. The number of fused-ring (bicyclic) bond motifs is 2. The number of ether oxygens (including phenoxy) is 1. The summed E-state index contributed by atoms with van der Waals surface area (Å²) in [6.45, 7) is 6.53. The molecule has 2 nitrogen and oxygen atoms in total. The van der Waals surface area contributed by atoms with Crippen LogP contribution in [0.2, 0.25) is 0 Å². The van der Waals surface area contributed by atoms with E-state index in [1.807, 2.05) is 6.92 Å². The van der Waals surface area contributed by atoms with Crippen molar-refractivity contribution in [1.82, 2.24) is 0 Å². The highest BCUT2D eigenvalue weighted by atomic mass is 16.5. The minimum atomic E-state index is -0.584. The van der Waals surface area contributed by atoms with E-state index in [2.05, 4.69) is 19.9 Å². The molecule has 1 saturated heterocycles. The maximum atomic E-state index is 12.6. The molecule has 0 aromatic heterocycles. The van der Waals surface area contributed by atoms with E-state index in [1.165, 1.54) is 12.0 Å². The third kappa shape index (κ3) is 0.865. The summed E-state index contributed by atoms with van der Waals surface area (Å²) < 4.78 is 6.30. The predicted molar refractivity (Wildman–Crippen MR) is 64.5 cm³/mol. The molecule has 4 rings (SSSR count). The number of allylic oxidation sites excluding steroid dienone is 1. The number of ketones is 1. The zero-order chi connectivity index (χ0) is 12.1. The summed E-state index contributed by atoms with van der Waals surface area (Å²) in [6, 6.07) is 0. The quantitative estimate of drug-likeness (QED) is 0.600. The van der Waals surface area contributed by atoms with E-state index in [4.69, 9.17) is 4.74 Å². The van der Waals surface area contributed by atoms with E-state index < -0.39 is 5.60 Å². The van der Waals surface area contributed by atoms with E-state index in [-0.39, 0.29) is 11.5 Å². The molecule has 3 aliphatic carbocycles. The van der Waals surface area contributed by atoms with Crippen molar-refractivity contribution in [1.29, 1.82) is 0 Å². The Labute approximate surface area is 102 Å². The summed E-state index contributed by atoms with van der Waals surface area (Å²) in [7, 11) is 0. The van der Waals surface area contributed by atoms with E-state index in [0.29, 0.717) is 17.1 Å². The molecule has 5 atom stereocenters. The smallest absolute Gasteiger partial charge is 0.174 e. The standard InChI is InChI=1S/C15H20O2/c1-9-4-5-11-14(3)12(16)10-8-15(9,11)7-6-13(10,2)17-14/h5,9-10H,4,6-8H2,1-3H3/t9?,10-,13-,14-,15+/m1/s1. The largest absolute Gasteiger partial charge is 0.356 e. The zero-order valence-corrected chi connectivity index (χ0v) is 10.9. The lowest BCUT2D eigenvalue weighted by atomic mass is 9.52. The van der Waals surface area contributed by atoms with Gasteiger partial charge in [0.1, 0.15) is 5.60 Å². The predicted octanol–water partition coefficient (Wildman–Crippen LogP) is 2.87. The fraction of sp³-hybridized carbons (Fsp3) is 0.800. The van der Waals surface area contributed by atoms with Crippen LogP contribution in [0, 0.1) is 17.3 Å². The molecule has 3 bridgehead atoms. The molecule has 92 valence electrons. The molecule has 0 amide bonds. The highest BCUT2D eigenvalue weighted by Crippen LogP contribution is 2.69. The second-order valence-corrected chi connectivity index (χ2v) is 6.98. The van der Waals surface area contributed by atoms with Gasteiger partial charge in [0.2, 0.25) is 0 Å². The Kier molecular flexibility index (Phi) is 1.54. The number of hydrogen-bond acceptors (Lipinski definition) is 2. The SMILES string of the molecule is CC1CC=C2[C@@]3(C)O[C@]4(C)CC[C@@]21C[C@@H]4C3=O. The fourth-order valence-electron chi connectivity index (χ4n) is 5.21.